The second kappa shape index (κ2) is 11.6. The zero-order valence-electron chi connectivity index (χ0n) is 20.5. The Kier molecular flexibility index (Phi) is 8.29. The lowest BCUT2D eigenvalue weighted by Gasteiger charge is -2.17. The summed E-state index contributed by atoms with van der Waals surface area (Å²) in [5, 5.41) is 9.28. The van der Waals surface area contributed by atoms with Crippen molar-refractivity contribution in [3.63, 3.8) is 0 Å². The van der Waals surface area contributed by atoms with Gasteiger partial charge in [-0.3, -0.25) is 4.98 Å². The van der Waals surface area contributed by atoms with Crippen molar-refractivity contribution in [1.29, 1.82) is 0 Å². The molecule has 0 saturated carbocycles. The fourth-order valence-corrected chi connectivity index (χ4v) is 3.93. The molecule has 0 aliphatic rings. The number of methoxy groups -OCH3 is 3. The van der Waals surface area contributed by atoms with Crippen LogP contribution in [0.2, 0.25) is 5.02 Å². The van der Waals surface area contributed by atoms with Crippen LogP contribution in [0.25, 0.3) is 16.9 Å². The predicted octanol–water partition coefficient (Wildman–Crippen LogP) is 3.15. The largest absolute Gasteiger partial charge is 0.496 e. The lowest BCUT2D eigenvalue weighted by molar-refractivity contribution is 0.177. The third-order valence-electron chi connectivity index (χ3n) is 5.36. The monoisotopic (exact) mass is 552 g/mol. The molecule has 0 aliphatic heterocycles. The number of benzene rings is 2. The Hall–Kier alpha value is -3.94. The first kappa shape index (κ1) is 27.1. The van der Waals surface area contributed by atoms with E-state index in [1.807, 2.05) is 0 Å². The van der Waals surface area contributed by atoms with Gasteiger partial charge in [0.05, 0.1) is 37.1 Å². The molecule has 0 amide bonds. The summed E-state index contributed by atoms with van der Waals surface area (Å²) in [6.45, 7) is -0.837. The van der Waals surface area contributed by atoms with Crippen LogP contribution in [0.15, 0.2) is 29.1 Å². The molecule has 14 heteroatoms. The van der Waals surface area contributed by atoms with E-state index in [1.165, 1.54) is 44.1 Å². The number of aromatic nitrogens is 4. The lowest BCUT2D eigenvalue weighted by Crippen LogP contribution is -2.16. The van der Waals surface area contributed by atoms with Crippen molar-refractivity contribution in [2.75, 3.05) is 34.5 Å². The van der Waals surface area contributed by atoms with Crippen LogP contribution in [-0.4, -0.2) is 59.2 Å². The van der Waals surface area contributed by atoms with Gasteiger partial charge in [-0.2, -0.15) is 4.98 Å². The molecule has 0 saturated heterocycles. The first-order valence-electron chi connectivity index (χ1n) is 11.1. The number of H-pyrrole nitrogens is 1. The fraction of sp³-hybridized carbons (Fsp3) is 0.292. The SMILES string of the molecule is COCc1nc(OC)c2[nH]c(=O)n(-c3cc(OCc4c(OC)ccc(F)c4F)c(OCCO)cc3Cl)c2n1. The van der Waals surface area contributed by atoms with Crippen LogP contribution >= 0.6 is 11.6 Å². The quantitative estimate of drug-likeness (QED) is 0.288. The minimum atomic E-state index is -1.14. The van der Waals surface area contributed by atoms with E-state index < -0.39 is 23.9 Å². The Morgan fingerprint density at radius 1 is 1.03 bits per heavy atom. The van der Waals surface area contributed by atoms with Crippen molar-refractivity contribution < 1.29 is 37.6 Å². The summed E-state index contributed by atoms with van der Waals surface area (Å²) in [6.07, 6.45) is 0. The normalized spacial score (nSPS) is 11.1. The topological polar surface area (TPSA) is 130 Å². The van der Waals surface area contributed by atoms with Crippen molar-refractivity contribution in [3.8, 4) is 28.8 Å². The van der Waals surface area contributed by atoms with Crippen LogP contribution in [0.3, 0.4) is 0 Å². The number of imidazole rings is 1. The van der Waals surface area contributed by atoms with E-state index in [1.54, 1.807) is 0 Å². The Labute approximate surface area is 219 Å². The van der Waals surface area contributed by atoms with Crippen molar-refractivity contribution >= 4 is 22.8 Å². The molecule has 0 unspecified atom stereocenters. The van der Waals surface area contributed by atoms with Gasteiger partial charge in [0, 0.05) is 19.2 Å². The third kappa shape index (κ3) is 5.21. The zero-order chi connectivity index (χ0) is 27.4. The number of aliphatic hydroxyl groups is 1. The summed E-state index contributed by atoms with van der Waals surface area (Å²) in [5.41, 5.74) is -0.309. The molecule has 2 aromatic heterocycles. The maximum Gasteiger partial charge on any atom is 0.332 e. The van der Waals surface area contributed by atoms with Crippen molar-refractivity contribution in [3.05, 3.63) is 62.8 Å². The Bertz CT molecular complexity index is 1530. The molecule has 0 spiro atoms. The minimum Gasteiger partial charge on any atom is -0.496 e. The van der Waals surface area contributed by atoms with Gasteiger partial charge in [-0.25, -0.2) is 23.1 Å². The first-order chi connectivity index (χ1) is 18.3. The second-order valence-corrected chi connectivity index (χ2v) is 8.11. The Morgan fingerprint density at radius 2 is 1.79 bits per heavy atom. The highest BCUT2D eigenvalue weighted by molar-refractivity contribution is 6.32. The molecule has 0 fully saturated rings. The molecule has 38 heavy (non-hydrogen) atoms. The number of aromatic amines is 1. The van der Waals surface area contributed by atoms with E-state index in [0.717, 1.165) is 6.07 Å². The van der Waals surface area contributed by atoms with Gasteiger partial charge < -0.3 is 28.8 Å². The molecular weight excluding hydrogens is 530 g/mol. The fourth-order valence-electron chi connectivity index (χ4n) is 3.69. The average Bonchev–Trinajstić information content (AvgIpc) is 3.24. The van der Waals surface area contributed by atoms with Crippen LogP contribution in [0.5, 0.6) is 23.1 Å². The Morgan fingerprint density at radius 3 is 2.47 bits per heavy atom. The van der Waals surface area contributed by atoms with Crippen LogP contribution in [0.4, 0.5) is 8.78 Å². The summed E-state index contributed by atoms with van der Waals surface area (Å²) < 4.78 is 56.4. The molecular formula is C24H23ClF2N4O7. The van der Waals surface area contributed by atoms with Crippen molar-refractivity contribution in [2.24, 2.45) is 0 Å². The lowest BCUT2D eigenvalue weighted by atomic mass is 10.2. The number of fused-ring (bicyclic) bond motifs is 1. The smallest absolute Gasteiger partial charge is 0.332 e. The van der Waals surface area contributed by atoms with Gasteiger partial charge in [-0.05, 0) is 12.1 Å². The summed E-state index contributed by atoms with van der Waals surface area (Å²) >= 11 is 6.53. The van der Waals surface area contributed by atoms with Crippen LogP contribution in [0, 0.1) is 11.6 Å². The molecule has 0 atom stereocenters. The number of halogens is 3. The molecule has 2 heterocycles. The van der Waals surface area contributed by atoms with E-state index in [4.69, 9.17) is 35.3 Å². The standard InChI is InChI=1S/C24H23ClF2N4O7/c1-34-11-19-28-22-21(23(29-19)36-3)30-24(33)31(22)15-9-18(17(8-13(15)25)37-7-6-32)38-10-12-16(35-2)5-4-14(26)20(12)27/h4-5,8-9,32H,6-7,10-11H2,1-3H3,(H,30,33). The molecule has 4 rings (SSSR count). The van der Waals surface area contributed by atoms with E-state index in [-0.39, 0.29) is 76.2 Å². The number of hydrogen-bond acceptors (Lipinski definition) is 9. The summed E-state index contributed by atoms with van der Waals surface area (Å²) in [4.78, 5) is 24.3. The summed E-state index contributed by atoms with van der Waals surface area (Å²) in [7, 11) is 4.16. The third-order valence-corrected chi connectivity index (χ3v) is 5.67. The first-order valence-corrected chi connectivity index (χ1v) is 11.5. The van der Waals surface area contributed by atoms with E-state index >= 15 is 0 Å². The van der Waals surface area contributed by atoms with Crippen LogP contribution in [0.1, 0.15) is 11.4 Å². The van der Waals surface area contributed by atoms with E-state index in [0.29, 0.717) is 0 Å². The van der Waals surface area contributed by atoms with Gasteiger partial charge in [0.2, 0.25) is 5.88 Å². The predicted molar refractivity (Wildman–Crippen MR) is 132 cm³/mol. The highest BCUT2D eigenvalue weighted by Crippen LogP contribution is 2.37. The molecule has 202 valence electrons. The number of nitrogens with zero attached hydrogens (tertiary/aromatic N) is 3. The number of hydrogen-bond donors (Lipinski definition) is 2. The molecule has 0 radical (unpaired) electrons. The maximum absolute atomic E-state index is 14.5. The van der Waals surface area contributed by atoms with Crippen LogP contribution < -0.4 is 24.6 Å². The molecule has 4 aromatic rings. The van der Waals surface area contributed by atoms with Crippen molar-refractivity contribution in [1.82, 2.24) is 19.5 Å². The van der Waals surface area contributed by atoms with Crippen LogP contribution in [-0.2, 0) is 18.0 Å². The molecule has 11 nitrogen and oxygen atoms in total. The second-order valence-electron chi connectivity index (χ2n) is 7.70. The Balaban J connectivity index is 1.85. The maximum atomic E-state index is 14.5. The summed E-state index contributed by atoms with van der Waals surface area (Å²) in [6, 6.07) is 4.94. The van der Waals surface area contributed by atoms with Gasteiger partial charge in [0.15, 0.2) is 34.6 Å². The number of rotatable bonds is 11. The van der Waals surface area contributed by atoms with E-state index in [9.17, 15) is 18.7 Å². The van der Waals surface area contributed by atoms with Gasteiger partial charge >= 0.3 is 5.69 Å². The average molecular weight is 553 g/mol. The van der Waals surface area contributed by atoms with Crippen molar-refractivity contribution in [2.45, 2.75) is 13.2 Å². The minimum absolute atomic E-state index is 0.0166. The highest BCUT2D eigenvalue weighted by Gasteiger charge is 2.22. The van der Waals surface area contributed by atoms with E-state index in [2.05, 4.69) is 15.0 Å². The van der Waals surface area contributed by atoms with Gasteiger partial charge in [-0.15, -0.1) is 0 Å². The molecule has 2 N–H and O–H groups in total. The zero-order valence-corrected chi connectivity index (χ0v) is 21.3. The number of aliphatic hydroxyl groups excluding tert-OH is 1. The number of nitrogens with one attached hydrogen (secondary N) is 1. The summed E-state index contributed by atoms with van der Waals surface area (Å²) in [5.74, 6) is -1.69. The molecule has 2 aromatic carbocycles. The molecule has 0 aliphatic carbocycles. The van der Waals surface area contributed by atoms with Gasteiger partial charge in [0.25, 0.3) is 0 Å². The highest BCUT2D eigenvalue weighted by atomic mass is 35.5. The number of ether oxygens (including phenoxy) is 5. The van der Waals surface area contributed by atoms with Gasteiger partial charge in [0.1, 0.15) is 31.1 Å². The van der Waals surface area contributed by atoms with Gasteiger partial charge in [-0.1, -0.05) is 11.6 Å². The molecule has 0 bridgehead atoms.